The summed E-state index contributed by atoms with van der Waals surface area (Å²) in [6.45, 7) is 6.43. The first-order valence-corrected chi connectivity index (χ1v) is 6.41. The second-order valence-electron chi connectivity index (χ2n) is 5.93. The summed E-state index contributed by atoms with van der Waals surface area (Å²) in [6, 6.07) is -0.631. The first-order valence-electron chi connectivity index (χ1n) is 6.41. The molecule has 0 aromatic heterocycles. The van der Waals surface area contributed by atoms with Crippen molar-refractivity contribution >= 4 is 11.9 Å². The van der Waals surface area contributed by atoms with Crippen LogP contribution < -0.4 is 0 Å². The normalized spacial score (nSPS) is 20.5. The Balaban J connectivity index is 2.69. The van der Waals surface area contributed by atoms with Crippen molar-refractivity contribution in [2.45, 2.75) is 64.5 Å². The summed E-state index contributed by atoms with van der Waals surface area (Å²) in [5.74, 6) is -4.54. The van der Waals surface area contributed by atoms with Crippen LogP contribution in [-0.2, 0) is 9.53 Å². The summed E-state index contributed by atoms with van der Waals surface area (Å²) in [7, 11) is 0. The quantitative estimate of drug-likeness (QED) is 0.796. The largest absolute Gasteiger partial charge is 0.444 e. The molecule has 1 aliphatic rings. The molecule has 1 saturated heterocycles. The van der Waals surface area contributed by atoms with Gasteiger partial charge in [0.15, 0.2) is 5.78 Å². The van der Waals surface area contributed by atoms with Gasteiger partial charge in [-0.1, -0.05) is 0 Å². The Morgan fingerprint density at radius 2 is 1.89 bits per heavy atom. The van der Waals surface area contributed by atoms with E-state index in [0.717, 1.165) is 6.92 Å². The Kier molecular flexibility index (Phi) is 4.53. The van der Waals surface area contributed by atoms with Gasteiger partial charge >= 0.3 is 12.0 Å². The molecular weight excluding hydrogens is 256 g/mol. The fourth-order valence-corrected chi connectivity index (χ4v) is 2.05. The minimum absolute atomic E-state index is 0.396. The Morgan fingerprint density at radius 3 is 2.37 bits per heavy atom. The molecule has 1 unspecified atom stereocenters. The van der Waals surface area contributed by atoms with Crippen LogP contribution in [0.25, 0.3) is 0 Å². The van der Waals surface area contributed by atoms with Crippen molar-refractivity contribution in [3.05, 3.63) is 0 Å². The van der Waals surface area contributed by atoms with Gasteiger partial charge in [0.05, 0.1) is 0 Å². The smallest absolute Gasteiger partial charge is 0.410 e. The molecule has 0 saturated carbocycles. The summed E-state index contributed by atoms with van der Waals surface area (Å²) in [5, 5.41) is 0. The highest BCUT2D eigenvalue weighted by atomic mass is 19.3. The van der Waals surface area contributed by atoms with E-state index < -0.39 is 35.9 Å². The van der Waals surface area contributed by atoms with E-state index in [1.165, 1.54) is 4.90 Å². The van der Waals surface area contributed by atoms with E-state index in [0.29, 0.717) is 19.4 Å². The van der Waals surface area contributed by atoms with Crippen LogP contribution in [0.4, 0.5) is 13.6 Å². The molecule has 1 fully saturated rings. The topological polar surface area (TPSA) is 46.6 Å². The third-order valence-corrected chi connectivity index (χ3v) is 3.01. The van der Waals surface area contributed by atoms with Crippen LogP contribution in [0.5, 0.6) is 0 Å². The molecule has 0 aromatic rings. The highest BCUT2D eigenvalue weighted by Gasteiger charge is 2.43. The molecule has 1 heterocycles. The molecule has 0 spiro atoms. The number of carbonyl (C=O) groups excluding carboxylic acids is 2. The zero-order valence-corrected chi connectivity index (χ0v) is 11.8. The highest BCUT2D eigenvalue weighted by molar-refractivity contribution is 5.83. The van der Waals surface area contributed by atoms with Crippen LogP contribution >= 0.6 is 0 Å². The first-order chi connectivity index (χ1) is 8.53. The Hall–Kier alpha value is -1.20. The number of likely N-dealkylation sites (tertiary alicyclic amines) is 1. The number of alkyl halides is 2. The number of amides is 1. The second kappa shape index (κ2) is 5.43. The van der Waals surface area contributed by atoms with Gasteiger partial charge in [-0.25, -0.2) is 4.79 Å². The SMILES string of the molecule is CC(=O)C(F)(F)CC1CCCN1C(=O)OC(C)(C)C. The molecule has 0 aliphatic carbocycles. The predicted molar refractivity (Wildman–Crippen MR) is 66.2 cm³/mol. The molecule has 19 heavy (non-hydrogen) atoms. The molecule has 6 heteroatoms. The lowest BCUT2D eigenvalue weighted by molar-refractivity contribution is -0.143. The fraction of sp³-hybridized carbons (Fsp3) is 0.846. The molecule has 1 aliphatic heterocycles. The lowest BCUT2D eigenvalue weighted by atomic mass is 10.0. The predicted octanol–water partition coefficient (Wildman–Crippen LogP) is 3.00. The maximum Gasteiger partial charge on any atom is 0.410 e. The van der Waals surface area contributed by atoms with E-state index in [2.05, 4.69) is 0 Å². The van der Waals surface area contributed by atoms with E-state index >= 15 is 0 Å². The molecule has 0 N–H and O–H groups in total. The Labute approximate surface area is 112 Å². The van der Waals surface area contributed by atoms with Gasteiger partial charge in [-0.2, -0.15) is 8.78 Å². The van der Waals surface area contributed by atoms with Gasteiger partial charge in [-0.05, 0) is 33.6 Å². The molecule has 4 nitrogen and oxygen atoms in total. The van der Waals surface area contributed by atoms with E-state index in [1.807, 2.05) is 0 Å². The molecule has 0 radical (unpaired) electrons. The number of halogens is 2. The number of nitrogens with zero attached hydrogens (tertiary/aromatic N) is 1. The van der Waals surface area contributed by atoms with Gasteiger partial charge < -0.3 is 9.64 Å². The minimum Gasteiger partial charge on any atom is -0.444 e. The summed E-state index contributed by atoms with van der Waals surface area (Å²) in [4.78, 5) is 24.1. The van der Waals surface area contributed by atoms with Gasteiger partial charge in [0.2, 0.25) is 0 Å². The summed E-state index contributed by atoms with van der Waals surface area (Å²) in [5.41, 5.74) is -0.659. The van der Waals surface area contributed by atoms with Crippen LogP contribution in [0.3, 0.4) is 0 Å². The average Bonchev–Trinajstić information content (AvgIpc) is 2.61. The van der Waals surface area contributed by atoms with Crippen LogP contribution in [-0.4, -0.2) is 40.9 Å². The lowest BCUT2D eigenvalue weighted by Gasteiger charge is -2.29. The Bertz CT molecular complexity index is 363. The third-order valence-electron chi connectivity index (χ3n) is 3.01. The maximum absolute atomic E-state index is 13.4. The van der Waals surface area contributed by atoms with Crippen LogP contribution in [0, 0.1) is 0 Å². The number of carbonyl (C=O) groups is 2. The number of ether oxygens (including phenoxy) is 1. The van der Waals surface area contributed by atoms with Crippen LogP contribution in [0.2, 0.25) is 0 Å². The third kappa shape index (κ3) is 4.44. The zero-order chi connectivity index (χ0) is 14.8. The van der Waals surface area contributed by atoms with E-state index in [-0.39, 0.29) is 0 Å². The van der Waals surface area contributed by atoms with Gasteiger partial charge in [0, 0.05) is 25.9 Å². The highest BCUT2D eigenvalue weighted by Crippen LogP contribution is 2.30. The van der Waals surface area contributed by atoms with Crippen molar-refractivity contribution in [2.24, 2.45) is 0 Å². The molecule has 1 atom stereocenters. The molecular formula is C13H21F2NO3. The second-order valence-corrected chi connectivity index (χ2v) is 5.93. The molecule has 110 valence electrons. The molecule has 0 aromatic carbocycles. The molecule has 1 amide bonds. The van der Waals surface area contributed by atoms with Crippen molar-refractivity contribution in [2.75, 3.05) is 6.54 Å². The van der Waals surface area contributed by atoms with Crippen LogP contribution in [0.15, 0.2) is 0 Å². The molecule has 0 bridgehead atoms. The van der Waals surface area contributed by atoms with Gasteiger partial charge in [0.1, 0.15) is 5.60 Å². The summed E-state index contributed by atoms with van der Waals surface area (Å²) >= 11 is 0. The van der Waals surface area contributed by atoms with Crippen molar-refractivity contribution in [3.8, 4) is 0 Å². The number of hydrogen-bond acceptors (Lipinski definition) is 3. The van der Waals surface area contributed by atoms with Gasteiger partial charge in [-0.3, -0.25) is 4.79 Å². The van der Waals surface area contributed by atoms with Crippen molar-refractivity contribution in [1.82, 2.24) is 4.90 Å². The number of rotatable bonds is 3. The average molecular weight is 277 g/mol. The monoisotopic (exact) mass is 277 g/mol. The number of Topliss-reactive ketones (excluding diaryl/α,β-unsaturated/α-hetero) is 1. The lowest BCUT2D eigenvalue weighted by Crippen LogP contribution is -2.43. The molecule has 1 rings (SSSR count). The van der Waals surface area contributed by atoms with E-state index in [1.54, 1.807) is 20.8 Å². The van der Waals surface area contributed by atoms with Crippen molar-refractivity contribution < 1.29 is 23.1 Å². The fourth-order valence-electron chi connectivity index (χ4n) is 2.05. The van der Waals surface area contributed by atoms with E-state index in [9.17, 15) is 18.4 Å². The van der Waals surface area contributed by atoms with Gasteiger partial charge in [0.25, 0.3) is 0 Å². The van der Waals surface area contributed by atoms with Crippen molar-refractivity contribution in [1.29, 1.82) is 0 Å². The standard InChI is InChI=1S/C13H21F2NO3/c1-9(17)13(14,15)8-10-6-5-7-16(10)11(18)19-12(2,3)4/h10H,5-8H2,1-4H3. The van der Waals surface area contributed by atoms with Gasteiger partial charge in [-0.15, -0.1) is 0 Å². The minimum atomic E-state index is -3.38. The number of ketones is 1. The first kappa shape index (κ1) is 15.9. The number of hydrogen-bond donors (Lipinski definition) is 0. The Morgan fingerprint density at radius 1 is 1.32 bits per heavy atom. The van der Waals surface area contributed by atoms with E-state index in [4.69, 9.17) is 4.74 Å². The van der Waals surface area contributed by atoms with Crippen LogP contribution in [0.1, 0.15) is 47.0 Å². The summed E-state index contributed by atoms with van der Waals surface area (Å²) < 4.78 is 32.1. The summed E-state index contributed by atoms with van der Waals surface area (Å²) in [6.07, 6.45) is -0.0870. The zero-order valence-electron chi connectivity index (χ0n) is 11.8. The van der Waals surface area contributed by atoms with Crippen molar-refractivity contribution in [3.63, 3.8) is 0 Å². The maximum atomic E-state index is 13.4.